The summed E-state index contributed by atoms with van der Waals surface area (Å²) in [5.41, 5.74) is -1.68. The molecule has 1 aromatic heterocycles. The highest BCUT2D eigenvalue weighted by Crippen LogP contribution is 2.41. The molecular formula is C21H17F5N4O3S. The molecule has 0 aliphatic carbocycles. The number of benzene rings is 2. The van der Waals surface area contributed by atoms with Crippen LogP contribution in [0.3, 0.4) is 0 Å². The number of nitrogens with zero attached hydrogens (tertiary/aromatic N) is 4. The van der Waals surface area contributed by atoms with Crippen molar-refractivity contribution in [1.82, 2.24) is 14.3 Å². The first-order valence-corrected chi connectivity index (χ1v) is 11.7. The number of ether oxygens (including phenoxy) is 1. The number of alkyl halides is 1. The first-order chi connectivity index (χ1) is 16.1. The molecule has 1 spiro atoms. The highest BCUT2D eigenvalue weighted by atomic mass is 32.2. The van der Waals surface area contributed by atoms with Crippen molar-refractivity contribution >= 4 is 26.9 Å². The van der Waals surface area contributed by atoms with Gasteiger partial charge in [0.15, 0.2) is 23.5 Å². The van der Waals surface area contributed by atoms with E-state index in [2.05, 4.69) is 9.97 Å². The van der Waals surface area contributed by atoms with E-state index in [4.69, 9.17) is 4.74 Å². The zero-order valence-electron chi connectivity index (χ0n) is 17.4. The smallest absolute Gasteiger partial charge is 0.245 e. The highest BCUT2D eigenvalue weighted by molar-refractivity contribution is 7.89. The van der Waals surface area contributed by atoms with Gasteiger partial charge in [0, 0.05) is 37.7 Å². The average molecular weight is 500 g/mol. The Balaban J connectivity index is 1.43. The van der Waals surface area contributed by atoms with Crippen molar-refractivity contribution in [2.24, 2.45) is 0 Å². The number of fused-ring (bicyclic) bond motifs is 1. The third kappa shape index (κ3) is 3.67. The Labute approximate surface area is 190 Å². The van der Waals surface area contributed by atoms with Crippen LogP contribution < -0.4 is 4.90 Å². The third-order valence-corrected chi connectivity index (χ3v) is 7.90. The van der Waals surface area contributed by atoms with Gasteiger partial charge < -0.3 is 9.64 Å². The second kappa shape index (κ2) is 8.10. The fourth-order valence-corrected chi connectivity index (χ4v) is 6.13. The average Bonchev–Trinajstić information content (AvgIpc) is 3.21. The molecule has 0 saturated carbocycles. The zero-order chi connectivity index (χ0) is 24.3. The van der Waals surface area contributed by atoms with Gasteiger partial charge in [0.05, 0.1) is 35.3 Å². The number of hydrogen-bond donors (Lipinski definition) is 0. The van der Waals surface area contributed by atoms with E-state index in [0.717, 1.165) is 16.4 Å². The Bertz CT molecular complexity index is 1370. The van der Waals surface area contributed by atoms with Crippen LogP contribution in [-0.2, 0) is 14.8 Å². The molecule has 5 rings (SSSR count). The summed E-state index contributed by atoms with van der Waals surface area (Å²) in [7, 11) is -4.48. The number of piperidine rings is 1. The quantitative estimate of drug-likeness (QED) is 0.515. The number of halogens is 5. The van der Waals surface area contributed by atoms with Crippen molar-refractivity contribution in [3.63, 3.8) is 0 Å². The van der Waals surface area contributed by atoms with Gasteiger partial charge in [-0.25, -0.2) is 35.4 Å². The molecule has 2 fully saturated rings. The van der Waals surface area contributed by atoms with Crippen molar-refractivity contribution in [2.45, 2.75) is 23.2 Å². The minimum Gasteiger partial charge on any atom is -0.355 e. The lowest BCUT2D eigenvalue weighted by Crippen LogP contribution is -2.62. The van der Waals surface area contributed by atoms with E-state index < -0.39 is 50.1 Å². The van der Waals surface area contributed by atoms with E-state index in [-0.39, 0.29) is 49.5 Å². The van der Waals surface area contributed by atoms with Crippen LogP contribution in [0.15, 0.2) is 41.4 Å². The molecule has 34 heavy (non-hydrogen) atoms. The van der Waals surface area contributed by atoms with Gasteiger partial charge in [-0.3, -0.25) is 4.98 Å². The van der Waals surface area contributed by atoms with E-state index in [9.17, 15) is 26.0 Å². The van der Waals surface area contributed by atoms with E-state index in [1.165, 1.54) is 11.1 Å². The van der Waals surface area contributed by atoms with E-state index in [1.54, 1.807) is 0 Å². The Kier molecular flexibility index (Phi) is 5.45. The Hall–Kier alpha value is -2.90. The standard InChI is InChI=1S/C21H17F5N4O3S/c22-12-5-13(23)7-14(6-12)34(31,32)30-3-4-33-21(30)1-2-29(11-19(21)26)20-10-27-17-8-15(24)16(25)9-18(17)28-20/h5-10,19H,1-4,11H2/t19-,21-/m0/s1. The molecule has 2 aliphatic heterocycles. The maximum absolute atomic E-state index is 15.6. The van der Waals surface area contributed by atoms with Crippen LogP contribution in [0.4, 0.5) is 27.8 Å². The molecule has 0 unspecified atom stereocenters. The summed E-state index contributed by atoms with van der Waals surface area (Å²) < 4.78 is 103. The van der Waals surface area contributed by atoms with Gasteiger partial charge in [0.2, 0.25) is 10.0 Å². The third-order valence-electron chi connectivity index (χ3n) is 6.00. The van der Waals surface area contributed by atoms with Crippen molar-refractivity contribution in [3.05, 3.63) is 59.8 Å². The molecule has 7 nitrogen and oxygen atoms in total. The van der Waals surface area contributed by atoms with E-state index in [0.29, 0.717) is 18.2 Å². The summed E-state index contributed by atoms with van der Waals surface area (Å²) in [5.74, 6) is -4.14. The molecule has 180 valence electrons. The van der Waals surface area contributed by atoms with Crippen molar-refractivity contribution < 1.29 is 35.1 Å². The van der Waals surface area contributed by atoms with Gasteiger partial charge in [-0.2, -0.15) is 4.31 Å². The first kappa shape index (κ1) is 22.9. The van der Waals surface area contributed by atoms with E-state index >= 15 is 4.39 Å². The van der Waals surface area contributed by atoms with Crippen LogP contribution in [-0.4, -0.2) is 60.8 Å². The molecule has 0 bridgehead atoms. The molecule has 3 aromatic rings. The van der Waals surface area contributed by atoms with Gasteiger partial charge in [-0.1, -0.05) is 0 Å². The van der Waals surface area contributed by atoms with Crippen LogP contribution in [0.1, 0.15) is 6.42 Å². The molecular weight excluding hydrogens is 483 g/mol. The van der Waals surface area contributed by atoms with Gasteiger partial charge in [0.25, 0.3) is 0 Å². The molecule has 2 aromatic carbocycles. The lowest BCUT2D eigenvalue weighted by atomic mass is 9.98. The number of sulfonamides is 1. The Morgan fingerprint density at radius 1 is 0.971 bits per heavy atom. The molecule has 13 heteroatoms. The maximum atomic E-state index is 15.6. The number of hydrogen-bond acceptors (Lipinski definition) is 6. The summed E-state index contributed by atoms with van der Waals surface area (Å²) in [4.78, 5) is 9.10. The lowest BCUT2D eigenvalue weighted by Gasteiger charge is -2.45. The predicted octanol–water partition coefficient (Wildman–Crippen LogP) is 3.15. The van der Waals surface area contributed by atoms with Gasteiger partial charge in [-0.15, -0.1) is 0 Å². The SMILES string of the molecule is O=S(=O)(c1cc(F)cc(F)c1)N1CCO[C@]12CCN(c1cnc3cc(F)c(F)cc3n1)C[C@@H]2F. The van der Waals surface area contributed by atoms with Crippen molar-refractivity contribution in [3.8, 4) is 0 Å². The van der Waals surface area contributed by atoms with E-state index in [1.807, 2.05) is 0 Å². The Morgan fingerprint density at radius 3 is 2.32 bits per heavy atom. The molecule has 0 N–H and O–H groups in total. The second-order valence-electron chi connectivity index (χ2n) is 8.02. The van der Waals surface area contributed by atoms with Crippen molar-refractivity contribution in [2.75, 3.05) is 31.1 Å². The van der Waals surface area contributed by atoms with Crippen molar-refractivity contribution in [1.29, 1.82) is 0 Å². The van der Waals surface area contributed by atoms with Crippen LogP contribution in [0.2, 0.25) is 0 Å². The topological polar surface area (TPSA) is 75.6 Å². The molecule has 2 aliphatic rings. The minimum atomic E-state index is -4.48. The van der Waals surface area contributed by atoms with Crippen LogP contribution >= 0.6 is 0 Å². The fourth-order valence-electron chi connectivity index (χ4n) is 4.38. The monoisotopic (exact) mass is 500 g/mol. The summed E-state index contributed by atoms with van der Waals surface area (Å²) in [6, 6.07) is 3.65. The van der Waals surface area contributed by atoms with Crippen LogP contribution in [0.25, 0.3) is 11.0 Å². The first-order valence-electron chi connectivity index (χ1n) is 10.2. The molecule has 3 heterocycles. The maximum Gasteiger partial charge on any atom is 0.245 e. The van der Waals surface area contributed by atoms with Gasteiger partial charge >= 0.3 is 0 Å². The minimum absolute atomic E-state index is 0.0709. The Morgan fingerprint density at radius 2 is 1.65 bits per heavy atom. The lowest BCUT2D eigenvalue weighted by molar-refractivity contribution is -0.116. The predicted molar refractivity (Wildman–Crippen MR) is 110 cm³/mol. The van der Waals surface area contributed by atoms with Crippen LogP contribution in [0, 0.1) is 23.3 Å². The second-order valence-corrected chi connectivity index (χ2v) is 9.88. The molecule has 0 amide bonds. The summed E-state index contributed by atoms with van der Waals surface area (Å²) in [6.45, 7) is -0.541. The molecule has 0 radical (unpaired) electrons. The normalized spacial score (nSPS) is 23.8. The summed E-state index contributed by atoms with van der Waals surface area (Å²) in [6.07, 6.45) is -0.702. The summed E-state index contributed by atoms with van der Waals surface area (Å²) in [5, 5.41) is 0. The van der Waals surface area contributed by atoms with Gasteiger partial charge in [-0.05, 0) is 12.1 Å². The number of rotatable bonds is 3. The zero-order valence-corrected chi connectivity index (χ0v) is 18.2. The number of anilines is 1. The molecule has 2 saturated heterocycles. The molecule has 2 atom stereocenters. The highest BCUT2D eigenvalue weighted by Gasteiger charge is 2.57. The summed E-state index contributed by atoms with van der Waals surface area (Å²) >= 11 is 0. The number of aromatic nitrogens is 2. The fraction of sp³-hybridized carbons (Fsp3) is 0.333. The largest absolute Gasteiger partial charge is 0.355 e. The van der Waals surface area contributed by atoms with Crippen LogP contribution in [0.5, 0.6) is 0 Å². The van der Waals surface area contributed by atoms with Gasteiger partial charge in [0.1, 0.15) is 17.5 Å².